The van der Waals surface area contributed by atoms with Crippen LogP contribution in [0.4, 0.5) is 0 Å². The Kier molecular flexibility index (Phi) is 3.99. The Balaban J connectivity index is 1.89. The summed E-state index contributed by atoms with van der Waals surface area (Å²) in [6.07, 6.45) is -0.722. The van der Waals surface area contributed by atoms with Crippen LogP contribution in [0.3, 0.4) is 0 Å². The van der Waals surface area contributed by atoms with E-state index in [9.17, 15) is 24.9 Å². The van der Waals surface area contributed by atoms with Crippen molar-refractivity contribution in [2.45, 2.75) is 64.3 Å². The molecule has 0 amide bonds. The second-order valence-electron chi connectivity index (χ2n) is 9.72. The average molecular weight is 378 g/mol. The van der Waals surface area contributed by atoms with Crippen LogP contribution in [0.15, 0.2) is 12.2 Å². The molecule has 1 spiro atoms. The van der Waals surface area contributed by atoms with Crippen LogP contribution in [0.5, 0.6) is 0 Å². The molecule has 4 fully saturated rings. The summed E-state index contributed by atoms with van der Waals surface area (Å²) in [7, 11) is 1.32. The summed E-state index contributed by atoms with van der Waals surface area (Å²) in [4.78, 5) is 25.9. The maximum absolute atomic E-state index is 13.2. The molecule has 150 valence electrons. The van der Waals surface area contributed by atoms with Crippen molar-refractivity contribution in [3.8, 4) is 0 Å². The van der Waals surface area contributed by atoms with Crippen molar-refractivity contribution in [1.82, 2.24) is 0 Å². The molecule has 4 aliphatic carbocycles. The molecule has 9 atom stereocenters. The number of methoxy groups -OCH3 is 1. The number of hydrogen-bond acceptors (Lipinski definition) is 6. The number of aliphatic hydroxyl groups is 3. The van der Waals surface area contributed by atoms with Crippen molar-refractivity contribution >= 4 is 11.8 Å². The molecule has 0 aromatic heterocycles. The van der Waals surface area contributed by atoms with Gasteiger partial charge in [0.15, 0.2) is 5.78 Å². The molecule has 2 bridgehead atoms. The molecule has 9 unspecified atom stereocenters. The van der Waals surface area contributed by atoms with Crippen LogP contribution < -0.4 is 0 Å². The highest BCUT2D eigenvalue weighted by Crippen LogP contribution is 2.71. The Morgan fingerprint density at radius 2 is 1.81 bits per heavy atom. The number of carbonyl (C=O) groups excluding carboxylic acids is 2. The van der Waals surface area contributed by atoms with Crippen LogP contribution in [-0.4, -0.2) is 52.5 Å². The van der Waals surface area contributed by atoms with Crippen molar-refractivity contribution in [3.63, 3.8) is 0 Å². The second kappa shape index (κ2) is 5.65. The maximum atomic E-state index is 13.2. The zero-order valence-corrected chi connectivity index (χ0v) is 16.3. The number of hydrogen-bond donors (Lipinski definition) is 3. The molecule has 0 aromatic rings. The molecule has 4 saturated carbocycles. The molecule has 27 heavy (non-hydrogen) atoms. The summed E-state index contributed by atoms with van der Waals surface area (Å²) >= 11 is 0. The third kappa shape index (κ3) is 2.02. The number of fused-ring (bicyclic) bond motifs is 3. The van der Waals surface area contributed by atoms with Crippen molar-refractivity contribution in [2.75, 3.05) is 7.11 Å². The Hall–Kier alpha value is -1.24. The van der Waals surface area contributed by atoms with E-state index in [1.165, 1.54) is 7.11 Å². The molecule has 4 aliphatic rings. The van der Waals surface area contributed by atoms with Crippen LogP contribution in [0.2, 0.25) is 0 Å². The smallest absolute Gasteiger partial charge is 0.311 e. The van der Waals surface area contributed by atoms with Crippen molar-refractivity contribution in [2.24, 2.45) is 34.0 Å². The molecule has 0 aromatic carbocycles. The Labute approximate surface area is 159 Å². The van der Waals surface area contributed by atoms with Gasteiger partial charge in [-0.2, -0.15) is 0 Å². The fourth-order valence-electron chi connectivity index (χ4n) is 7.55. The van der Waals surface area contributed by atoms with E-state index in [-0.39, 0.29) is 36.4 Å². The zero-order valence-electron chi connectivity index (χ0n) is 16.3. The maximum Gasteiger partial charge on any atom is 0.311 e. The van der Waals surface area contributed by atoms with E-state index in [1.54, 1.807) is 6.92 Å². The van der Waals surface area contributed by atoms with Gasteiger partial charge in [-0.25, -0.2) is 0 Å². The van der Waals surface area contributed by atoms with E-state index in [0.29, 0.717) is 18.4 Å². The Morgan fingerprint density at radius 1 is 1.15 bits per heavy atom. The normalized spacial score (nSPS) is 54.3. The number of rotatable bonds is 1. The molecule has 0 heterocycles. The highest BCUT2D eigenvalue weighted by molar-refractivity contribution is 6.03. The summed E-state index contributed by atoms with van der Waals surface area (Å²) in [6.45, 7) is 7.62. The highest BCUT2D eigenvalue weighted by atomic mass is 16.5. The lowest BCUT2D eigenvalue weighted by molar-refractivity contribution is -0.257. The van der Waals surface area contributed by atoms with Crippen molar-refractivity contribution in [3.05, 3.63) is 12.2 Å². The van der Waals surface area contributed by atoms with Crippen LogP contribution in [0.25, 0.3) is 0 Å². The van der Waals surface area contributed by atoms with Gasteiger partial charge in [-0.15, -0.1) is 0 Å². The van der Waals surface area contributed by atoms with Crippen molar-refractivity contribution in [1.29, 1.82) is 0 Å². The number of aliphatic hydroxyl groups excluding tert-OH is 3. The predicted octanol–water partition coefficient (Wildman–Crippen LogP) is 1.22. The van der Waals surface area contributed by atoms with E-state index < -0.39 is 40.5 Å². The quantitative estimate of drug-likeness (QED) is 0.468. The monoisotopic (exact) mass is 378 g/mol. The molecular weight excluding hydrogens is 348 g/mol. The van der Waals surface area contributed by atoms with Gasteiger partial charge in [0.2, 0.25) is 0 Å². The lowest BCUT2D eigenvalue weighted by atomic mass is 9.39. The minimum Gasteiger partial charge on any atom is -0.469 e. The fraction of sp³-hybridized carbons (Fsp3) is 0.810. The Morgan fingerprint density at radius 3 is 2.44 bits per heavy atom. The van der Waals surface area contributed by atoms with Gasteiger partial charge in [-0.3, -0.25) is 9.59 Å². The van der Waals surface area contributed by atoms with Gasteiger partial charge >= 0.3 is 5.97 Å². The van der Waals surface area contributed by atoms with E-state index >= 15 is 0 Å². The van der Waals surface area contributed by atoms with Gasteiger partial charge in [0.1, 0.15) is 0 Å². The standard InChI is InChI=1S/C21H30O6/c1-10-11-5-6-13-20(3)14(7-15(23)21(13,8-11)16(10)24)19(2,18(26)27-4)9-12(22)17(20)25/h11-15,17,22-23,25H,1,5-9H2,2-4H3. The fourth-order valence-corrected chi connectivity index (χ4v) is 7.55. The minimum atomic E-state index is -1.08. The van der Waals surface area contributed by atoms with Crippen LogP contribution in [0.1, 0.15) is 46.0 Å². The van der Waals surface area contributed by atoms with Crippen LogP contribution in [-0.2, 0) is 14.3 Å². The van der Waals surface area contributed by atoms with E-state index in [4.69, 9.17) is 4.74 Å². The largest absolute Gasteiger partial charge is 0.469 e. The van der Waals surface area contributed by atoms with Gasteiger partial charge in [0.25, 0.3) is 0 Å². The number of ketones is 1. The summed E-state index contributed by atoms with van der Waals surface area (Å²) in [6, 6.07) is 0. The highest BCUT2D eigenvalue weighted by Gasteiger charge is 2.74. The summed E-state index contributed by atoms with van der Waals surface area (Å²) in [5.74, 6) is -1.14. The number of esters is 1. The molecular formula is C21H30O6. The average Bonchev–Trinajstić information content (AvgIpc) is 2.83. The SMILES string of the molecule is C=C1C(=O)C23CC1CCC2C1(C)C(O)C(O)CC(C)(C(=O)OC)C1CC3O. The first kappa shape index (κ1) is 19.1. The molecule has 3 N–H and O–H groups in total. The molecule has 0 saturated heterocycles. The predicted molar refractivity (Wildman–Crippen MR) is 96.4 cm³/mol. The van der Waals surface area contributed by atoms with E-state index in [1.807, 2.05) is 6.92 Å². The summed E-state index contributed by atoms with van der Waals surface area (Å²) in [5.41, 5.74) is -2.27. The molecule has 6 nitrogen and oxygen atoms in total. The van der Waals surface area contributed by atoms with Gasteiger partial charge < -0.3 is 20.1 Å². The third-order valence-corrected chi connectivity index (χ3v) is 8.83. The first-order chi connectivity index (χ1) is 12.5. The van der Waals surface area contributed by atoms with Crippen LogP contribution >= 0.6 is 0 Å². The lowest BCUT2D eigenvalue weighted by Gasteiger charge is -2.66. The number of allylic oxidation sites excluding steroid dienone is 1. The number of ether oxygens (including phenoxy) is 1. The van der Waals surface area contributed by atoms with E-state index in [2.05, 4.69) is 6.58 Å². The lowest BCUT2D eigenvalue weighted by Crippen LogP contribution is -2.70. The zero-order chi connectivity index (χ0) is 19.9. The first-order valence-corrected chi connectivity index (χ1v) is 9.91. The number of Topliss-reactive ketones (excluding diaryl/α,β-unsaturated/α-hetero) is 1. The third-order valence-electron chi connectivity index (χ3n) is 8.83. The first-order valence-electron chi connectivity index (χ1n) is 9.91. The summed E-state index contributed by atoms with van der Waals surface area (Å²) < 4.78 is 5.05. The summed E-state index contributed by atoms with van der Waals surface area (Å²) in [5, 5.41) is 33.0. The molecule has 4 rings (SSSR count). The molecule has 0 radical (unpaired) electrons. The van der Waals surface area contributed by atoms with Crippen molar-refractivity contribution < 1.29 is 29.6 Å². The van der Waals surface area contributed by atoms with Crippen LogP contribution in [0, 0.1) is 34.0 Å². The minimum absolute atomic E-state index is 0.0802. The molecule has 0 aliphatic heterocycles. The van der Waals surface area contributed by atoms with Gasteiger partial charge in [0.05, 0.1) is 36.3 Å². The van der Waals surface area contributed by atoms with Gasteiger partial charge in [-0.1, -0.05) is 13.5 Å². The topological polar surface area (TPSA) is 104 Å². The van der Waals surface area contributed by atoms with Gasteiger partial charge in [0, 0.05) is 5.41 Å². The van der Waals surface area contributed by atoms with E-state index in [0.717, 1.165) is 6.42 Å². The van der Waals surface area contributed by atoms with Gasteiger partial charge in [-0.05, 0) is 62.4 Å². The number of carbonyl (C=O) groups is 2. The second-order valence-corrected chi connectivity index (χ2v) is 9.72. The Bertz CT molecular complexity index is 717. The molecule has 6 heteroatoms.